The molecule has 1 aromatic carbocycles. The van der Waals surface area contributed by atoms with Gasteiger partial charge in [-0.25, -0.2) is 9.48 Å². The molecule has 0 spiro atoms. The van der Waals surface area contributed by atoms with Crippen LogP contribution in [-0.4, -0.2) is 38.1 Å². The highest BCUT2D eigenvalue weighted by molar-refractivity contribution is 5.86. The molecule has 9 nitrogen and oxygen atoms in total. The fourth-order valence-electron chi connectivity index (χ4n) is 1.86. The fraction of sp³-hybridized carbons (Fsp3) is 0.250. The highest BCUT2D eigenvalue weighted by Gasteiger charge is 2.18. The summed E-state index contributed by atoms with van der Waals surface area (Å²) in [4.78, 5) is 21.3. The average Bonchev–Trinajstić information content (AvgIpc) is 2.80. The minimum absolute atomic E-state index is 0.141. The number of nitrogens with zero attached hydrogens (tertiary/aromatic N) is 4. The van der Waals surface area contributed by atoms with E-state index in [1.807, 2.05) is 0 Å². The summed E-state index contributed by atoms with van der Waals surface area (Å²) in [7, 11) is 1.35. The number of ether oxygens (including phenoxy) is 1. The summed E-state index contributed by atoms with van der Waals surface area (Å²) in [5, 5.41) is 27.2. The monoisotopic (exact) mass is 292 g/mol. The smallest absolute Gasteiger partial charge is 0.358 e. The van der Waals surface area contributed by atoms with Crippen LogP contribution in [0, 0.1) is 17.0 Å². The molecular formula is C12H12N4O5. The molecule has 21 heavy (non-hydrogen) atoms. The Kier molecular flexibility index (Phi) is 3.83. The number of carbonyl (C=O) groups is 1. The number of benzene rings is 1. The molecule has 0 saturated heterocycles. The van der Waals surface area contributed by atoms with E-state index in [2.05, 4.69) is 10.3 Å². The van der Waals surface area contributed by atoms with Crippen LogP contribution in [0.25, 0.3) is 0 Å². The van der Waals surface area contributed by atoms with E-state index in [-0.39, 0.29) is 23.7 Å². The lowest BCUT2D eigenvalue weighted by Gasteiger charge is -2.06. The number of carboxylic acids is 1. The predicted molar refractivity (Wildman–Crippen MR) is 70.5 cm³/mol. The maximum absolute atomic E-state index is 11.0. The van der Waals surface area contributed by atoms with Gasteiger partial charge in [-0.15, -0.1) is 5.10 Å². The zero-order valence-corrected chi connectivity index (χ0v) is 11.3. The standard InChI is InChI=1S/C12H12N4O5/c1-7-11(12(17)18)13-14-15(7)6-8-3-4-10(21-2)9(5-8)16(19)20/h3-5H,6H2,1-2H3,(H,17,18). The molecular weight excluding hydrogens is 280 g/mol. The van der Waals surface area contributed by atoms with E-state index in [1.54, 1.807) is 13.0 Å². The summed E-state index contributed by atoms with van der Waals surface area (Å²) in [6.45, 7) is 1.75. The number of carboxylic acid groups (broad SMARTS) is 1. The molecule has 0 atom stereocenters. The normalized spacial score (nSPS) is 10.4. The lowest BCUT2D eigenvalue weighted by molar-refractivity contribution is -0.385. The Labute approximate surface area is 118 Å². The van der Waals surface area contributed by atoms with Gasteiger partial charge in [0, 0.05) is 6.07 Å². The highest BCUT2D eigenvalue weighted by Crippen LogP contribution is 2.27. The van der Waals surface area contributed by atoms with Gasteiger partial charge in [-0.05, 0) is 18.6 Å². The van der Waals surface area contributed by atoms with Gasteiger partial charge in [-0.3, -0.25) is 10.1 Å². The van der Waals surface area contributed by atoms with E-state index in [0.29, 0.717) is 11.3 Å². The van der Waals surface area contributed by atoms with Crippen LogP contribution in [0.2, 0.25) is 0 Å². The topological polar surface area (TPSA) is 120 Å². The summed E-state index contributed by atoms with van der Waals surface area (Å²) >= 11 is 0. The van der Waals surface area contributed by atoms with Gasteiger partial charge in [-0.2, -0.15) is 0 Å². The second kappa shape index (κ2) is 5.57. The van der Waals surface area contributed by atoms with Gasteiger partial charge in [0.1, 0.15) is 0 Å². The Morgan fingerprint density at radius 2 is 2.24 bits per heavy atom. The van der Waals surface area contributed by atoms with E-state index in [9.17, 15) is 14.9 Å². The fourth-order valence-corrected chi connectivity index (χ4v) is 1.86. The third-order valence-corrected chi connectivity index (χ3v) is 2.96. The largest absolute Gasteiger partial charge is 0.490 e. The van der Waals surface area contributed by atoms with Crippen LogP contribution >= 0.6 is 0 Å². The Balaban J connectivity index is 2.34. The second-order valence-corrected chi connectivity index (χ2v) is 4.25. The minimum Gasteiger partial charge on any atom is -0.490 e. The summed E-state index contributed by atoms with van der Waals surface area (Å²) in [5.41, 5.74) is 0.664. The third kappa shape index (κ3) is 2.81. The Hall–Kier alpha value is -2.97. The molecule has 0 saturated carbocycles. The molecule has 1 N–H and O–H groups in total. The van der Waals surface area contributed by atoms with E-state index in [0.717, 1.165) is 0 Å². The number of hydrogen-bond acceptors (Lipinski definition) is 6. The molecule has 110 valence electrons. The van der Waals surface area contributed by atoms with Crippen molar-refractivity contribution in [3.63, 3.8) is 0 Å². The van der Waals surface area contributed by atoms with Gasteiger partial charge >= 0.3 is 11.7 Å². The van der Waals surface area contributed by atoms with Crippen molar-refractivity contribution in [1.29, 1.82) is 0 Å². The van der Waals surface area contributed by atoms with Crippen molar-refractivity contribution in [3.05, 3.63) is 45.3 Å². The summed E-state index contributed by atoms with van der Waals surface area (Å²) in [6, 6.07) is 4.49. The molecule has 0 bridgehead atoms. The first kappa shape index (κ1) is 14.4. The Morgan fingerprint density at radius 1 is 1.52 bits per heavy atom. The van der Waals surface area contributed by atoms with Crippen molar-refractivity contribution in [2.75, 3.05) is 7.11 Å². The van der Waals surface area contributed by atoms with Gasteiger partial charge in [0.05, 0.1) is 24.3 Å². The molecule has 0 unspecified atom stereocenters. The molecule has 0 radical (unpaired) electrons. The van der Waals surface area contributed by atoms with Crippen molar-refractivity contribution in [2.45, 2.75) is 13.5 Å². The van der Waals surface area contributed by atoms with Gasteiger partial charge in [0.15, 0.2) is 11.4 Å². The molecule has 2 rings (SSSR count). The van der Waals surface area contributed by atoms with Crippen LogP contribution < -0.4 is 4.74 Å². The summed E-state index contributed by atoms with van der Waals surface area (Å²) in [6.07, 6.45) is 0. The predicted octanol–water partition coefficient (Wildman–Crippen LogP) is 1.25. The number of nitro benzene ring substituents is 1. The van der Waals surface area contributed by atoms with E-state index in [4.69, 9.17) is 9.84 Å². The van der Waals surface area contributed by atoms with Crippen molar-refractivity contribution in [2.24, 2.45) is 0 Å². The van der Waals surface area contributed by atoms with Crippen molar-refractivity contribution in [1.82, 2.24) is 15.0 Å². The lowest BCUT2D eigenvalue weighted by atomic mass is 10.2. The number of methoxy groups -OCH3 is 1. The molecule has 2 aromatic rings. The molecule has 1 aromatic heterocycles. The van der Waals surface area contributed by atoms with Crippen molar-refractivity contribution < 1.29 is 19.6 Å². The molecule has 9 heteroatoms. The van der Waals surface area contributed by atoms with Crippen LogP contribution in [0.3, 0.4) is 0 Å². The quantitative estimate of drug-likeness (QED) is 0.650. The molecule has 0 aliphatic rings. The first-order valence-corrected chi connectivity index (χ1v) is 5.88. The van der Waals surface area contributed by atoms with Gasteiger partial charge < -0.3 is 9.84 Å². The summed E-state index contributed by atoms with van der Waals surface area (Å²) in [5.74, 6) is -1.01. The van der Waals surface area contributed by atoms with E-state index >= 15 is 0 Å². The van der Waals surface area contributed by atoms with Crippen LogP contribution in [0.1, 0.15) is 21.7 Å². The maximum atomic E-state index is 11.0. The Morgan fingerprint density at radius 3 is 2.76 bits per heavy atom. The number of aromatic carboxylic acids is 1. The number of aromatic nitrogens is 3. The second-order valence-electron chi connectivity index (χ2n) is 4.25. The number of nitro groups is 1. The lowest BCUT2D eigenvalue weighted by Crippen LogP contribution is -2.06. The first-order chi connectivity index (χ1) is 9.93. The molecule has 0 aliphatic carbocycles. The number of hydrogen-bond donors (Lipinski definition) is 1. The zero-order valence-electron chi connectivity index (χ0n) is 11.3. The maximum Gasteiger partial charge on any atom is 0.358 e. The van der Waals surface area contributed by atoms with Crippen LogP contribution in [0.4, 0.5) is 5.69 Å². The molecule has 0 aliphatic heterocycles. The average molecular weight is 292 g/mol. The van der Waals surface area contributed by atoms with E-state index < -0.39 is 10.9 Å². The minimum atomic E-state index is -1.17. The third-order valence-electron chi connectivity index (χ3n) is 2.96. The van der Waals surface area contributed by atoms with Gasteiger partial charge in [0.2, 0.25) is 0 Å². The summed E-state index contributed by atoms with van der Waals surface area (Å²) < 4.78 is 6.29. The highest BCUT2D eigenvalue weighted by atomic mass is 16.6. The SMILES string of the molecule is COc1ccc(Cn2nnc(C(=O)O)c2C)cc1[N+](=O)[O-]. The molecule has 0 fully saturated rings. The number of rotatable bonds is 5. The van der Waals surface area contributed by atoms with Crippen molar-refractivity contribution >= 4 is 11.7 Å². The van der Waals surface area contributed by atoms with Crippen molar-refractivity contribution in [3.8, 4) is 5.75 Å². The zero-order chi connectivity index (χ0) is 15.6. The van der Waals surface area contributed by atoms with Crippen LogP contribution in [-0.2, 0) is 6.54 Å². The first-order valence-electron chi connectivity index (χ1n) is 5.88. The molecule has 0 amide bonds. The Bertz CT molecular complexity index is 710. The van der Waals surface area contributed by atoms with Gasteiger partial charge in [-0.1, -0.05) is 11.3 Å². The van der Waals surface area contributed by atoms with Crippen LogP contribution in [0.15, 0.2) is 18.2 Å². The van der Waals surface area contributed by atoms with E-state index in [1.165, 1.54) is 23.9 Å². The molecule has 1 heterocycles. The van der Waals surface area contributed by atoms with Gasteiger partial charge in [0.25, 0.3) is 0 Å². The van der Waals surface area contributed by atoms with Crippen LogP contribution in [0.5, 0.6) is 5.75 Å².